The lowest BCUT2D eigenvalue weighted by atomic mass is 9.94. The first-order valence-electron chi connectivity index (χ1n) is 7.83. The Morgan fingerprint density at radius 1 is 1.40 bits per heavy atom. The Hall–Kier alpha value is -0.540. The van der Waals surface area contributed by atoms with Gasteiger partial charge in [-0.15, -0.1) is 0 Å². The van der Waals surface area contributed by atoms with E-state index in [9.17, 15) is 0 Å². The monoisotopic (exact) mass is 338 g/mol. The second kappa shape index (κ2) is 6.95. The van der Waals surface area contributed by atoms with Crippen LogP contribution in [0.1, 0.15) is 39.2 Å². The van der Waals surface area contributed by atoms with E-state index >= 15 is 0 Å². The molecule has 0 saturated carbocycles. The van der Waals surface area contributed by atoms with Crippen molar-refractivity contribution in [3.8, 4) is 0 Å². The average Bonchev–Trinajstić information content (AvgIpc) is 2.48. The van der Waals surface area contributed by atoms with E-state index in [1.165, 1.54) is 28.6 Å². The fraction of sp³-hybridized carbons (Fsp3) is 0.647. The number of anilines is 1. The van der Waals surface area contributed by atoms with Gasteiger partial charge in [-0.1, -0.05) is 49.2 Å². The van der Waals surface area contributed by atoms with Gasteiger partial charge in [-0.3, -0.25) is 0 Å². The van der Waals surface area contributed by atoms with Gasteiger partial charge >= 0.3 is 0 Å². The minimum Gasteiger partial charge on any atom is -0.366 e. The third-order valence-corrected chi connectivity index (χ3v) is 5.59. The summed E-state index contributed by atoms with van der Waals surface area (Å²) in [6, 6.07) is 7.96. The highest BCUT2D eigenvalue weighted by Crippen LogP contribution is 2.28. The molecule has 1 aromatic rings. The van der Waals surface area contributed by atoms with Crippen molar-refractivity contribution in [1.82, 2.24) is 5.32 Å². The Kier molecular flexibility index (Phi) is 5.50. The number of hydrogen-bond acceptors (Lipinski definition) is 2. The number of benzene rings is 1. The molecule has 0 radical (unpaired) electrons. The summed E-state index contributed by atoms with van der Waals surface area (Å²) >= 11 is 3.67. The predicted octanol–water partition coefficient (Wildman–Crippen LogP) is 4.36. The van der Waals surface area contributed by atoms with Crippen molar-refractivity contribution < 1.29 is 0 Å². The van der Waals surface area contributed by atoms with Gasteiger partial charge in [-0.25, -0.2) is 0 Å². The second-order valence-electron chi connectivity index (χ2n) is 6.05. The van der Waals surface area contributed by atoms with Gasteiger partial charge in [-0.05, 0) is 37.0 Å². The predicted molar refractivity (Wildman–Crippen MR) is 91.5 cm³/mol. The van der Waals surface area contributed by atoms with Gasteiger partial charge in [0.15, 0.2) is 0 Å². The Morgan fingerprint density at radius 2 is 2.15 bits per heavy atom. The molecule has 2 nitrogen and oxygen atoms in total. The molecular formula is C17H27BrN2. The van der Waals surface area contributed by atoms with Crippen molar-refractivity contribution in [3.63, 3.8) is 0 Å². The summed E-state index contributed by atoms with van der Waals surface area (Å²) in [5.41, 5.74) is 2.65. The zero-order valence-electron chi connectivity index (χ0n) is 13.1. The highest BCUT2D eigenvalue weighted by Gasteiger charge is 2.29. The summed E-state index contributed by atoms with van der Waals surface area (Å²) < 4.78 is 1.21. The van der Waals surface area contributed by atoms with Gasteiger partial charge in [0, 0.05) is 35.3 Å². The Labute approximate surface area is 132 Å². The van der Waals surface area contributed by atoms with Crippen LogP contribution in [0.5, 0.6) is 0 Å². The van der Waals surface area contributed by atoms with Crippen LogP contribution in [-0.2, 0) is 0 Å². The van der Waals surface area contributed by atoms with E-state index in [0.717, 1.165) is 19.0 Å². The summed E-state index contributed by atoms with van der Waals surface area (Å²) in [6.07, 6.45) is 2.42. The fourth-order valence-electron chi connectivity index (χ4n) is 2.93. The second-order valence-corrected chi connectivity index (χ2v) is 6.90. The van der Waals surface area contributed by atoms with Crippen molar-refractivity contribution in [2.24, 2.45) is 5.92 Å². The number of nitrogens with zero attached hydrogens (tertiary/aromatic N) is 1. The first-order chi connectivity index (χ1) is 9.56. The summed E-state index contributed by atoms with van der Waals surface area (Å²) in [5.74, 6) is 0.726. The molecule has 1 N–H and O–H groups in total. The Balaban J connectivity index is 2.22. The van der Waals surface area contributed by atoms with Crippen LogP contribution in [0.4, 0.5) is 5.69 Å². The highest BCUT2D eigenvalue weighted by atomic mass is 79.9. The summed E-state index contributed by atoms with van der Waals surface area (Å²) in [6.45, 7) is 11.3. The van der Waals surface area contributed by atoms with Crippen LogP contribution in [0.15, 0.2) is 22.7 Å². The molecule has 0 spiro atoms. The first kappa shape index (κ1) is 15.8. The standard InChI is InChI=1S/C17H27BrN2/c1-5-12(3)17-11-20(14(6-2)10-19-17)15-8-7-13(4)16(18)9-15/h7-9,12,14,17,19H,5-6,10-11H2,1-4H3. The largest absolute Gasteiger partial charge is 0.366 e. The van der Waals surface area contributed by atoms with Gasteiger partial charge in [-0.2, -0.15) is 0 Å². The van der Waals surface area contributed by atoms with Crippen molar-refractivity contribution in [2.45, 2.75) is 52.6 Å². The van der Waals surface area contributed by atoms with Crippen LogP contribution < -0.4 is 10.2 Å². The summed E-state index contributed by atoms with van der Waals surface area (Å²) in [5, 5.41) is 3.74. The SMILES string of the molecule is CCC(C)C1CN(c2ccc(C)c(Br)c2)C(CC)CN1. The molecule has 3 atom stereocenters. The number of rotatable bonds is 4. The molecule has 0 aromatic heterocycles. The maximum absolute atomic E-state index is 3.74. The summed E-state index contributed by atoms with van der Waals surface area (Å²) in [7, 11) is 0. The molecule has 20 heavy (non-hydrogen) atoms. The quantitative estimate of drug-likeness (QED) is 0.877. The van der Waals surface area contributed by atoms with E-state index in [1.807, 2.05) is 0 Å². The van der Waals surface area contributed by atoms with Crippen LogP contribution in [0.25, 0.3) is 0 Å². The van der Waals surface area contributed by atoms with E-state index < -0.39 is 0 Å². The third kappa shape index (κ3) is 3.37. The molecule has 2 rings (SSSR count). The zero-order valence-corrected chi connectivity index (χ0v) is 14.7. The van der Waals surface area contributed by atoms with Crippen LogP contribution in [0.3, 0.4) is 0 Å². The van der Waals surface area contributed by atoms with Crippen LogP contribution in [0, 0.1) is 12.8 Å². The molecule has 0 bridgehead atoms. The lowest BCUT2D eigenvalue weighted by Crippen LogP contribution is -2.58. The van der Waals surface area contributed by atoms with E-state index in [2.05, 4.69) is 72.0 Å². The number of halogens is 1. The maximum Gasteiger partial charge on any atom is 0.0412 e. The van der Waals surface area contributed by atoms with E-state index in [1.54, 1.807) is 0 Å². The van der Waals surface area contributed by atoms with E-state index in [-0.39, 0.29) is 0 Å². The lowest BCUT2D eigenvalue weighted by Gasteiger charge is -2.43. The molecular weight excluding hydrogens is 312 g/mol. The third-order valence-electron chi connectivity index (χ3n) is 4.74. The molecule has 1 heterocycles. The van der Waals surface area contributed by atoms with E-state index in [0.29, 0.717) is 12.1 Å². The number of aryl methyl sites for hydroxylation is 1. The Morgan fingerprint density at radius 3 is 2.75 bits per heavy atom. The number of hydrogen-bond donors (Lipinski definition) is 1. The van der Waals surface area contributed by atoms with Gasteiger partial charge in [0.2, 0.25) is 0 Å². The van der Waals surface area contributed by atoms with Crippen molar-refractivity contribution in [2.75, 3.05) is 18.0 Å². The molecule has 1 saturated heterocycles. The molecule has 1 aliphatic heterocycles. The van der Waals surface area contributed by atoms with Gasteiger partial charge in [0.1, 0.15) is 0 Å². The van der Waals surface area contributed by atoms with Crippen LogP contribution in [-0.4, -0.2) is 25.2 Å². The topological polar surface area (TPSA) is 15.3 Å². The molecule has 0 aliphatic carbocycles. The Bertz CT molecular complexity index is 447. The highest BCUT2D eigenvalue weighted by molar-refractivity contribution is 9.10. The van der Waals surface area contributed by atoms with Crippen LogP contribution in [0.2, 0.25) is 0 Å². The molecule has 1 aliphatic rings. The van der Waals surface area contributed by atoms with Gasteiger partial charge < -0.3 is 10.2 Å². The molecule has 1 fully saturated rings. The van der Waals surface area contributed by atoms with Crippen molar-refractivity contribution in [1.29, 1.82) is 0 Å². The zero-order chi connectivity index (χ0) is 14.7. The minimum absolute atomic E-state index is 0.600. The smallest absolute Gasteiger partial charge is 0.0412 e. The van der Waals surface area contributed by atoms with Gasteiger partial charge in [0.25, 0.3) is 0 Å². The average molecular weight is 339 g/mol. The van der Waals surface area contributed by atoms with Crippen molar-refractivity contribution >= 4 is 21.6 Å². The molecule has 1 aromatic carbocycles. The normalized spacial score (nSPS) is 24.8. The summed E-state index contributed by atoms with van der Waals surface area (Å²) in [4.78, 5) is 2.59. The molecule has 3 unspecified atom stereocenters. The maximum atomic E-state index is 3.74. The number of nitrogens with one attached hydrogen (secondary N) is 1. The molecule has 0 amide bonds. The van der Waals surface area contributed by atoms with Gasteiger partial charge in [0.05, 0.1) is 0 Å². The molecule has 3 heteroatoms. The van der Waals surface area contributed by atoms with Crippen molar-refractivity contribution in [3.05, 3.63) is 28.2 Å². The number of piperazine rings is 1. The van der Waals surface area contributed by atoms with Crippen LogP contribution >= 0.6 is 15.9 Å². The lowest BCUT2D eigenvalue weighted by molar-refractivity contribution is 0.306. The first-order valence-corrected chi connectivity index (χ1v) is 8.62. The minimum atomic E-state index is 0.600. The molecule has 112 valence electrons. The fourth-order valence-corrected chi connectivity index (χ4v) is 3.30. The van der Waals surface area contributed by atoms with E-state index in [4.69, 9.17) is 0 Å².